The van der Waals surface area contributed by atoms with E-state index in [9.17, 15) is 8.78 Å². The first-order valence-corrected chi connectivity index (χ1v) is 9.20. The van der Waals surface area contributed by atoms with Gasteiger partial charge in [-0.2, -0.15) is 0 Å². The molecule has 0 atom stereocenters. The molecule has 2 aromatic carbocycles. The number of pyridine rings is 1. The molecule has 0 saturated carbocycles. The maximum atomic E-state index is 13.2. The average Bonchev–Trinajstić information content (AvgIpc) is 2.72. The Hall–Kier alpha value is -3.48. The molecule has 0 radical (unpaired) electrons. The number of aromatic nitrogens is 1. The van der Waals surface area contributed by atoms with E-state index in [2.05, 4.69) is 20.6 Å². The fraction of sp³-hybridized carbons (Fsp3) is 0.182. The Bertz CT molecular complexity index is 961. The second kappa shape index (κ2) is 10.2. The monoisotopic (exact) mass is 396 g/mol. The van der Waals surface area contributed by atoms with Crippen LogP contribution in [0.15, 0.2) is 71.9 Å². The minimum absolute atomic E-state index is 0.234. The second-order valence-electron chi connectivity index (χ2n) is 6.30. The predicted molar refractivity (Wildman–Crippen MR) is 109 cm³/mol. The minimum atomic E-state index is -0.361. The van der Waals surface area contributed by atoms with Gasteiger partial charge in [0.2, 0.25) is 5.88 Å². The van der Waals surface area contributed by atoms with Crippen molar-refractivity contribution >= 4 is 5.96 Å². The standard InChI is InChI=1S/C22H22F2N4O/c1-25-22(26-11-10-16-4-2-5-18(23)12-16)28-15-17-8-9-21(27-14-17)29-20-7-3-6-19(24)13-20/h2-9,12-14H,10-11,15H2,1H3,(H2,25,26,28). The molecule has 0 aliphatic carbocycles. The molecule has 3 rings (SSSR count). The van der Waals surface area contributed by atoms with Gasteiger partial charge in [0.1, 0.15) is 17.4 Å². The molecule has 0 saturated heterocycles. The van der Waals surface area contributed by atoms with Crippen molar-refractivity contribution in [1.82, 2.24) is 15.6 Å². The first-order chi connectivity index (χ1) is 14.1. The summed E-state index contributed by atoms with van der Waals surface area (Å²) in [6.45, 7) is 1.15. The van der Waals surface area contributed by atoms with Gasteiger partial charge in [0.05, 0.1) is 0 Å². The van der Waals surface area contributed by atoms with Crippen LogP contribution in [0.4, 0.5) is 8.78 Å². The summed E-state index contributed by atoms with van der Waals surface area (Å²) in [7, 11) is 1.69. The lowest BCUT2D eigenvalue weighted by Crippen LogP contribution is -2.37. The zero-order valence-electron chi connectivity index (χ0n) is 16.0. The normalized spacial score (nSPS) is 11.2. The first-order valence-electron chi connectivity index (χ1n) is 9.20. The van der Waals surface area contributed by atoms with Crippen molar-refractivity contribution in [2.75, 3.05) is 13.6 Å². The van der Waals surface area contributed by atoms with Crippen LogP contribution in [0.3, 0.4) is 0 Å². The third kappa shape index (κ3) is 6.57. The van der Waals surface area contributed by atoms with Gasteiger partial charge in [-0.25, -0.2) is 13.8 Å². The topological polar surface area (TPSA) is 58.5 Å². The molecule has 0 aliphatic rings. The van der Waals surface area contributed by atoms with Crippen LogP contribution in [0.2, 0.25) is 0 Å². The predicted octanol–water partition coefficient (Wildman–Crippen LogP) is 4.06. The zero-order valence-corrected chi connectivity index (χ0v) is 16.0. The molecule has 2 N–H and O–H groups in total. The van der Waals surface area contributed by atoms with Gasteiger partial charge in [-0.15, -0.1) is 0 Å². The number of guanidine groups is 1. The van der Waals surface area contributed by atoms with Gasteiger partial charge in [-0.1, -0.05) is 24.3 Å². The van der Waals surface area contributed by atoms with Crippen molar-refractivity contribution in [3.8, 4) is 11.6 Å². The van der Waals surface area contributed by atoms with Gasteiger partial charge in [0.15, 0.2) is 5.96 Å². The summed E-state index contributed by atoms with van der Waals surface area (Å²) < 4.78 is 31.9. The van der Waals surface area contributed by atoms with Crippen molar-refractivity contribution < 1.29 is 13.5 Å². The highest BCUT2D eigenvalue weighted by Gasteiger charge is 2.03. The molecular formula is C22H22F2N4O. The number of nitrogens with zero attached hydrogens (tertiary/aromatic N) is 2. The lowest BCUT2D eigenvalue weighted by atomic mass is 10.1. The van der Waals surface area contributed by atoms with Crippen molar-refractivity contribution in [3.05, 3.63) is 89.6 Å². The zero-order chi connectivity index (χ0) is 20.5. The van der Waals surface area contributed by atoms with Crippen molar-refractivity contribution in [3.63, 3.8) is 0 Å². The molecule has 7 heteroatoms. The fourth-order valence-corrected chi connectivity index (χ4v) is 2.65. The third-order valence-corrected chi connectivity index (χ3v) is 4.09. The van der Waals surface area contributed by atoms with E-state index in [1.807, 2.05) is 12.1 Å². The van der Waals surface area contributed by atoms with E-state index >= 15 is 0 Å². The van der Waals surface area contributed by atoms with Gasteiger partial charge < -0.3 is 15.4 Å². The fourth-order valence-electron chi connectivity index (χ4n) is 2.65. The lowest BCUT2D eigenvalue weighted by Gasteiger charge is -2.12. The second-order valence-corrected chi connectivity index (χ2v) is 6.30. The van der Waals surface area contributed by atoms with Gasteiger partial charge in [0.25, 0.3) is 0 Å². The molecule has 29 heavy (non-hydrogen) atoms. The summed E-state index contributed by atoms with van der Waals surface area (Å²) in [4.78, 5) is 8.41. The smallest absolute Gasteiger partial charge is 0.219 e. The Kier molecular flexibility index (Phi) is 7.10. The number of hydrogen-bond donors (Lipinski definition) is 2. The summed E-state index contributed by atoms with van der Waals surface area (Å²) in [5.74, 6) is 0.826. The van der Waals surface area contributed by atoms with Gasteiger partial charge >= 0.3 is 0 Å². The number of benzene rings is 2. The number of hydrogen-bond acceptors (Lipinski definition) is 3. The minimum Gasteiger partial charge on any atom is -0.439 e. The van der Waals surface area contributed by atoms with Crippen LogP contribution in [0.1, 0.15) is 11.1 Å². The van der Waals surface area contributed by atoms with E-state index in [0.29, 0.717) is 37.1 Å². The number of aliphatic imine (C=N–C) groups is 1. The molecule has 0 spiro atoms. The maximum absolute atomic E-state index is 13.2. The van der Waals surface area contributed by atoms with Crippen molar-refractivity contribution in [2.45, 2.75) is 13.0 Å². The quantitative estimate of drug-likeness (QED) is 0.467. The number of nitrogens with one attached hydrogen (secondary N) is 2. The van der Waals surface area contributed by atoms with E-state index in [-0.39, 0.29) is 11.6 Å². The average molecular weight is 396 g/mol. The van der Waals surface area contributed by atoms with E-state index in [1.165, 1.54) is 24.3 Å². The summed E-state index contributed by atoms with van der Waals surface area (Å²) in [6, 6.07) is 16.0. The molecule has 0 bridgehead atoms. The van der Waals surface area contributed by atoms with E-state index < -0.39 is 0 Å². The SMILES string of the molecule is CN=C(NCCc1cccc(F)c1)NCc1ccc(Oc2cccc(F)c2)nc1. The first kappa shape index (κ1) is 20.3. The van der Waals surface area contributed by atoms with Gasteiger partial charge in [0, 0.05) is 38.5 Å². The molecular weight excluding hydrogens is 374 g/mol. The van der Waals surface area contributed by atoms with E-state index in [0.717, 1.165) is 11.1 Å². The highest BCUT2D eigenvalue weighted by molar-refractivity contribution is 5.79. The molecule has 0 unspecified atom stereocenters. The number of rotatable bonds is 7. The molecule has 150 valence electrons. The summed E-state index contributed by atoms with van der Waals surface area (Å²) >= 11 is 0. The van der Waals surface area contributed by atoms with Gasteiger partial charge in [-0.05, 0) is 41.8 Å². The Balaban J connectivity index is 1.45. The van der Waals surface area contributed by atoms with Crippen molar-refractivity contribution in [1.29, 1.82) is 0 Å². The van der Waals surface area contributed by atoms with Crippen LogP contribution in [0.5, 0.6) is 11.6 Å². The summed E-state index contributed by atoms with van der Waals surface area (Å²) in [5.41, 5.74) is 1.86. The van der Waals surface area contributed by atoms with Gasteiger partial charge in [-0.3, -0.25) is 4.99 Å². The molecule has 1 heterocycles. The summed E-state index contributed by atoms with van der Waals surface area (Å²) in [6.07, 6.45) is 2.37. The lowest BCUT2D eigenvalue weighted by molar-refractivity contribution is 0.457. The molecule has 1 aromatic heterocycles. The molecule has 0 amide bonds. The largest absolute Gasteiger partial charge is 0.439 e. The van der Waals surface area contributed by atoms with Crippen LogP contribution >= 0.6 is 0 Å². The Morgan fingerprint density at radius 1 is 0.966 bits per heavy atom. The van der Waals surface area contributed by atoms with Crippen LogP contribution in [0.25, 0.3) is 0 Å². The maximum Gasteiger partial charge on any atom is 0.219 e. The molecule has 3 aromatic rings. The number of ether oxygens (including phenoxy) is 1. The van der Waals surface area contributed by atoms with E-state index in [1.54, 1.807) is 37.5 Å². The van der Waals surface area contributed by atoms with E-state index in [4.69, 9.17) is 4.74 Å². The molecule has 0 fully saturated rings. The Morgan fingerprint density at radius 2 is 1.76 bits per heavy atom. The molecule has 5 nitrogen and oxygen atoms in total. The van der Waals surface area contributed by atoms with Crippen molar-refractivity contribution in [2.24, 2.45) is 4.99 Å². The highest BCUT2D eigenvalue weighted by atomic mass is 19.1. The van der Waals surface area contributed by atoms with Crippen LogP contribution in [0, 0.1) is 11.6 Å². The van der Waals surface area contributed by atoms with Crippen LogP contribution in [-0.4, -0.2) is 24.5 Å². The van der Waals surface area contributed by atoms with Crippen LogP contribution in [-0.2, 0) is 13.0 Å². The summed E-state index contributed by atoms with van der Waals surface area (Å²) in [5, 5.41) is 6.39. The molecule has 0 aliphatic heterocycles. The number of halogens is 2. The Morgan fingerprint density at radius 3 is 2.45 bits per heavy atom. The highest BCUT2D eigenvalue weighted by Crippen LogP contribution is 2.19. The van der Waals surface area contributed by atoms with Crippen LogP contribution < -0.4 is 15.4 Å². The third-order valence-electron chi connectivity index (χ3n) is 4.09. The Labute approximate surface area is 168 Å².